The molecular formula is C25H45N3O. The topological polar surface area (TPSA) is 35.6 Å². The number of rotatable bonds is 6. The summed E-state index contributed by atoms with van der Waals surface area (Å²) in [5.41, 5.74) is 3.82. The van der Waals surface area contributed by atoms with Gasteiger partial charge in [-0.05, 0) is 104 Å². The average Bonchev–Trinajstić information content (AvgIpc) is 2.67. The second-order valence-corrected chi connectivity index (χ2v) is 10.8. The minimum atomic E-state index is 0.226. The molecule has 2 aliphatic heterocycles. The van der Waals surface area contributed by atoms with E-state index in [1.165, 1.54) is 58.2 Å². The number of amides is 1. The van der Waals surface area contributed by atoms with E-state index in [1.807, 2.05) is 13.8 Å². The fourth-order valence-electron chi connectivity index (χ4n) is 5.93. The van der Waals surface area contributed by atoms with Gasteiger partial charge in [-0.1, -0.05) is 25.0 Å². The van der Waals surface area contributed by atoms with Crippen LogP contribution in [0.3, 0.4) is 0 Å². The highest BCUT2D eigenvalue weighted by atomic mass is 16.1. The van der Waals surface area contributed by atoms with E-state index in [9.17, 15) is 4.79 Å². The van der Waals surface area contributed by atoms with Crippen molar-refractivity contribution in [1.29, 1.82) is 0 Å². The Bertz CT molecular complexity index is 579. The molecule has 1 N–H and O–H groups in total. The third kappa shape index (κ3) is 6.07. The van der Waals surface area contributed by atoms with E-state index in [2.05, 4.69) is 35.9 Å². The third-order valence-electron chi connectivity index (χ3n) is 7.77. The van der Waals surface area contributed by atoms with Gasteiger partial charge in [0.05, 0.1) is 0 Å². The van der Waals surface area contributed by atoms with Crippen LogP contribution in [0.25, 0.3) is 0 Å². The van der Waals surface area contributed by atoms with Gasteiger partial charge < -0.3 is 15.1 Å². The van der Waals surface area contributed by atoms with Crippen LogP contribution in [0.1, 0.15) is 86.0 Å². The molecule has 0 aromatic carbocycles. The van der Waals surface area contributed by atoms with Crippen molar-refractivity contribution in [3.63, 3.8) is 0 Å². The van der Waals surface area contributed by atoms with Gasteiger partial charge >= 0.3 is 0 Å². The van der Waals surface area contributed by atoms with Gasteiger partial charge in [-0.2, -0.15) is 0 Å². The summed E-state index contributed by atoms with van der Waals surface area (Å²) in [6.07, 6.45) is 9.94. The Morgan fingerprint density at radius 3 is 2.34 bits per heavy atom. The van der Waals surface area contributed by atoms with Crippen molar-refractivity contribution in [3.8, 4) is 0 Å². The van der Waals surface area contributed by atoms with Crippen LogP contribution in [0.4, 0.5) is 0 Å². The summed E-state index contributed by atoms with van der Waals surface area (Å²) in [7, 11) is 0. The standard InChI is InChI=1S/C25H45N3O/c1-19(2)26-24(29)21-8-17-28(18-9-21)22-10-14-27(15-11-22)16-12-23-20(3)7-6-13-25(23,4)5/h19,21-22H,6-18H2,1-5H3,(H,26,29). The molecule has 1 amide bonds. The van der Waals surface area contributed by atoms with Crippen LogP contribution >= 0.6 is 0 Å². The minimum Gasteiger partial charge on any atom is -0.354 e. The maximum atomic E-state index is 12.3. The summed E-state index contributed by atoms with van der Waals surface area (Å²) < 4.78 is 0. The first-order valence-electron chi connectivity index (χ1n) is 12.2. The summed E-state index contributed by atoms with van der Waals surface area (Å²) in [5.74, 6) is 0.494. The molecule has 0 radical (unpaired) electrons. The van der Waals surface area contributed by atoms with Crippen LogP contribution in [-0.2, 0) is 4.79 Å². The number of carbonyl (C=O) groups excluding carboxylic acids is 1. The number of nitrogens with zero attached hydrogens (tertiary/aromatic N) is 2. The van der Waals surface area contributed by atoms with E-state index >= 15 is 0 Å². The Balaban J connectivity index is 1.39. The van der Waals surface area contributed by atoms with Crippen molar-refractivity contribution < 1.29 is 4.79 Å². The van der Waals surface area contributed by atoms with Crippen molar-refractivity contribution in [2.45, 2.75) is 98.1 Å². The third-order valence-corrected chi connectivity index (χ3v) is 7.77. The Kier molecular flexibility index (Phi) is 7.83. The summed E-state index contributed by atoms with van der Waals surface area (Å²) in [4.78, 5) is 17.6. The molecule has 0 aromatic rings. The molecule has 2 fully saturated rings. The molecule has 4 heteroatoms. The largest absolute Gasteiger partial charge is 0.354 e. The zero-order chi connectivity index (χ0) is 21.0. The zero-order valence-electron chi connectivity index (χ0n) is 19.7. The van der Waals surface area contributed by atoms with E-state index in [4.69, 9.17) is 0 Å². The molecule has 0 aromatic heterocycles. The molecule has 3 aliphatic rings. The number of piperidine rings is 2. The van der Waals surface area contributed by atoms with Crippen molar-refractivity contribution in [2.75, 3.05) is 32.7 Å². The molecule has 29 heavy (non-hydrogen) atoms. The van der Waals surface area contributed by atoms with Gasteiger partial charge in [0.25, 0.3) is 0 Å². The van der Waals surface area contributed by atoms with Crippen LogP contribution < -0.4 is 5.32 Å². The predicted molar refractivity (Wildman–Crippen MR) is 122 cm³/mol. The van der Waals surface area contributed by atoms with E-state index < -0.39 is 0 Å². The van der Waals surface area contributed by atoms with Crippen molar-refractivity contribution in [2.24, 2.45) is 11.3 Å². The van der Waals surface area contributed by atoms with Gasteiger partial charge in [-0.3, -0.25) is 4.79 Å². The van der Waals surface area contributed by atoms with Gasteiger partial charge in [0.1, 0.15) is 0 Å². The molecule has 166 valence electrons. The van der Waals surface area contributed by atoms with Crippen LogP contribution in [0.5, 0.6) is 0 Å². The van der Waals surface area contributed by atoms with Gasteiger partial charge in [0.2, 0.25) is 5.91 Å². The Morgan fingerprint density at radius 2 is 1.76 bits per heavy atom. The van der Waals surface area contributed by atoms with E-state index in [0.29, 0.717) is 5.41 Å². The van der Waals surface area contributed by atoms with Crippen molar-refractivity contribution in [3.05, 3.63) is 11.1 Å². The minimum absolute atomic E-state index is 0.226. The highest BCUT2D eigenvalue weighted by Gasteiger charge is 2.32. The van der Waals surface area contributed by atoms with E-state index in [0.717, 1.165) is 32.0 Å². The number of likely N-dealkylation sites (tertiary alicyclic amines) is 2. The first kappa shape index (κ1) is 22.8. The van der Waals surface area contributed by atoms with Crippen molar-refractivity contribution in [1.82, 2.24) is 15.1 Å². The molecule has 0 unspecified atom stereocenters. The lowest BCUT2D eigenvalue weighted by molar-refractivity contribution is -0.127. The quantitative estimate of drug-likeness (QED) is 0.658. The average molecular weight is 404 g/mol. The number of hydrogen-bond acceptors (Lipinski definition) is 3. The number of nitrogens with one attached hydrogen (secondary N) is 1. The van der Waals surface area contributed by atoms with Gasteiger partial charge in [0, 0.05) is 24.5 Å². The van der Waals surface area contributed by atoms with Gasteiger partial charge in [0.15, 0.2) is 0 Å². The summed E-state index contributed by atoms with van der Waals surface area (Å²) in [6.45, 7) is 17.3. The molecular weight excluding hydrogens is 358 g/mol. The molecule has 3 rings (SSSR count). The lowest BCUT2D eigenvalue weighted by Gasteiger charge is -2.42. The van der Waals surface area contributed by atoms with E-state index in [1.54, 1.807) is 11.1 Å². The smallest absolute Gasteiger partial charge is 0.223 e. The number of carbonyl (C=O) groups is 1. The van der Waals surface area contributed by atoms with Crippen LogP contribution in [0, 0.1) is 11.3 Å². The molecule has 0 atom stereocenters. The van der Waals surface area contributed by atoms with Crippen LogP contribution in [-0.4, -0.2) is 60.5 Å². The molecule has 0 saturated carbocycles. The van der Waals surface area contributed by atoms with Crippen molar-refractivity contribution >= 4 is 5.91 Å². The lowest BCUT2D eigenvalue weighted by Crippen LogP contribution is -2.49. The Labute approximate surface area is 179 Å². The summed E-state index contributed by atoms with van der Waals surface area (Å²) in [6, 6.07) is 0.982. The second-order valence-electron chi connectivity index (χ2n) is 10.8. The molecule has 2 heterocycles. The maximum absolute atomic E-state index is 12.3. The first-order chi connectivity index (χ1) is 13.8. The molecule has 0 bridgehead atoms. The van der Waals surface area contributed by atoms with Gasteiger partial charge in [-0.15, -0.1) is 0 Å². The highest BCUT2D eigenvalue weighted by Crippen LogP contribution is 2.41. The molecule has 1 aliphatic carbocycles. The molecule has 4 nitrogen and oxygen atoms in total. The first-order valence-corrected chi connectivity index (χ1v) is 12.2. The van der Waals surface area contributed by atoms with Crippen LogP contribution in [0.2, 0.25) is 0 Å². The fraction of sp³-hybridized carbons (Fsp3) is 0.880. The normalized spacial score (nSPS) is 25.6. The number of allylic oxidation sites excluding steroid dienone is 1. The zero-order valence-corrected chi connectivity index (χ0v) is 19.7. The maximum Gasteiger partial charge on any atom is 0.223 e. The Morgan fingerprint density at radius 1 is 1.10 bits per heavy atom. The predicted octanol–water partition coefficient (Wildman–Crippen LogP) is 4.60. The summed E-state index contributed by atoms with van der Waals surface area (Å²) in [5, 5.41) is 3.09. The van der Waals surface area contributed by atoms with E-state index in [-0.39, 0.29) is 17.9 Å². The lowest BCUT2D eigenvalue weighted by atomic mass is 9.71. The number of hydrogen-bond donors (Lipinski definition) is 1. The summed E-state index contributed by atoms with van der Waals surface area (Å²) >= 11 is 0. The molecule has 0 spiro atoms. The molecule has 2 saturated heterocycles. The Hall–Kier alpha value is -0.870. The highest BCUT2D eigenvalue weighted by molar-refractivity contribution is 5.78. The fourth-order valence-corrected chi connectivity index (χ4v) is 5.93. The van der Waals surface area contributed by atoms with Gasteiger partial charge in [-0.25, -0.2) is 0 Å². The monoisotopic (exact) mass is 403 g/mol. The SMILES string of the molecule is CC1=C(CCN2CCC(N3CCC(C(=O)NC(C)C)CC3)CC2)C(C)(C)CCC1. The van der Waals surface area contributed by atoms with Crippen LogP contribution in [0.15, 0.2) is 11.1 Å². The second kappa shape index (κ2) is 9.96.